The number of aliphatic hydroxyl groups is 2. The lowest BCUT2D eigenvalue weighted by molar-refractivity contribution is -0.116. The summed E-state index contributed by atoms with van der Waals surface area (Å²) in [6.45, 7) is 1.71. The van der Waals surface area contributed by atoms with Crippen molar-refractivity contribution in [2.24, 2.45) is 0 Å². The largest absolute Gasteiger partial charge is 0.507 e. The predicted octanol–water partition coefficient (Wildman–Crippen LogP) is 1.43. The van der Waals surface area contributed by atoms with Gasteiger partial charge in [-0.3, -0.25) is 9.59 Å². The van der Waals surface area contributed by atoms with Crippen LogP contribution in [-0.2, 0) is 4.79 Å². The fraction of sp³-hybridized carbons (Fsp3) is 0.200. The lowest BCUT2D eigenvalue weighted by atomic mass is 9.78. The van der Waals surface area contributed by atoms with E-state index in [2.05, 4.69) is 0 Å². The summed E-state index contributed by atoms with van der Waals surface area (Å²) in [5.41, 5.74) is 0.831. The molecule has 0 heterocycles. The second-order valence-electron chi connectivity index (χ2n) is 5.04. The van der Waals surface area contributed by atoms with E-state index >= 15 is 0 Å². The van der Waals surface area contributed by atoms with Crippen molar-refractivity contribution in [2.45, 2.75) is 19.4 Å². The van der Waals surface area contributed by atoms with Gasteiger partial charge in [-0.15, -0.1) is 0 Å². The van der Waals surface area contributed by atoms with Crippen molar-refractivity contribution in [3.05, 3.63) is 46.0 Å². The molecular formula is C15H12O5. The summed E-state index contributed by atoms with van der Waals surface area (Å²) in [7, 11) is 0. The Morgan fingerprint density at radius 2 is 1.90 bits per heavy atom. The van der Waals surface area contributed by atoms with Crippen LogP contribution in [0.1, 0.15) is 27.9 Å². The van der Waals surface area contributed by atoms with Crippen LogP contribution in [0.2, 0.25) is 0 Å². The number of carbonyl (C=O) groups is 2. The third-order valence-corrected chi connectivity index (χ3v) is 3.57. The van der Waals surface area contributed by atoms with Gasteiger partial charge >= 0.3 is 0 Å². The van der Waals surface area contributed by atoms with Crippen LogP contribution in [0.5, 0.6) is 5.75 Å². The summed E-state index contributed by atoms with van der Waals surface area (Å²) >= 11 is 0. The molecule has 1 atom stereocenters. The van der Waals surface area contributed by atoms with E-state index in [0.717, 1.165) is 6.08 Å². The molecule has 20 heavy (non-hydrogen) atoms. The van der Waals surface area contributed by atoms with Gasteiger partial charge in [-0.1, -0.05) is 0 Å². The van der Waals surface area contributed by atoms with E-state index in [1.165, 1.54) is 12.1 Å². The number of carbonyl (C=O) groups excluding carboxylic acids is 2. The van der Waals surface area contributed by atoms with Crippen molar-refractivity contribution in [3.63, 3.8) is 0 Å². The molecule has 2 aliphatic rings. The lowest BCUT2D eigenvalue weighted by Gasteiger charge is -2.27. The van der Waals surface area contributed by atoms with Crippen LogP contribution in [0.25, 0.3) is 5.76 Å². The first-order chi connectivity index (χ1) is 9.40. The van der Waals surface area contributed by atoms with E-state index in [1.54, 1.807) is 6.92 Å². The number of hydrogen-bond acceptors (Lipinski definition) is 5. The molecule has 0 spiro atoms. The highest BCUT2D eigenvalue weighted by Crippen LogP contribution is 2.41. The minimum Gasteiger partial charge on any atom is -0.507 e. The summed E-state index contributed by atoms with van der Waals surface area (Å²) in [6, 6.07) is 2.97. The topological polar surface area (TPSA) is 94.8 Å². The molecule has 0 fully saturated rings. The van der Waals surface area contributed by atoms with Gasteiger partial charge in [0.15, 0.2) is 11.6 Å². The van der Waals surface area contributed by atoms with Crippen LogP contribution in [-0.4, -0.2) is 33.0 Å². The second-order valence-corrected chi connectivity index (χ2v) is 5.04. The van der Waals surface area contributed by atoms with Gasteiger partial charge in [-0.2, -0.15) is 0 Å². The van der Waals surface area contributed by atoms with E-state index in [1.807, 2.05) is 0 Å². The number of ketones is 2. The number of aliphatic hydroxyl groups excluding tert-OH is 2. The first-order valence-corrected chi connectivity index (χ1v) is 6.15. The number of fused-ring (bicyclic) bond motifs is 2. The summed E-state index contributed by atoms with van der Waals surface area (Å²) in [6.07, 6.45) is -0.276. The molecular weight excluding hydrogens is 260 g/mol. The van der Waals surface area contributed by atoms with E-state index < -0.39 is 11.9 Å². The van der Waals surface area contributed by atoms with E-state index in [-0.39, 0.29) is 46.0 Å². The number of allylic oxidation sites excluding steroid dienone is 1. The molecule has 0 amide bonds. The van der Waals surface area contributed by atoms with E-state index in [0.29, 0.717) is 5.56 Å². The van der Waals surface area contributed by atoms with Gasteiger partial charge in [0.2, 0.25) is 0 Å². The SMILES string of the molecule is Cc1cc(O)c2c(c1)C(=O)C1=CC(=O)CC(O)C1=C2O. The predicted molar refractivity (Wildman–Crippen MR) is 70.4 cm³/mol. The minimum atomic E-state index is -1.24. The molecule has 5 heteroatoms. The molecule has 0 radical (unpaired) electrons. The van der Waals surface area contributed by atoms with Crippen molar-refractivity contribution >= 4 is 17.3 Å². The van der Waals surface area contributed by atoms with Crippen LogP contribution < -0.4 is 0 Å². The third kappa shape index (κ3) is 1.60. The monoisotopic (exact) mass is 272 g/mol. The van der Waals surface area contributed by atoms with Crippen molar-refractivity contribution in [3.8, 4) is 5.75 Å². The number of phenols is 1. The third-order valence-electron chi connectivity index (χ3n) is 3.57. The smallest absolute Gasteiger partial charge is 0.194 e. The van der Waals surface area contributed by atoms with Gasteiger partial charge in [-0.05, 0) is 30.7 Å². The molecule has 0 aromatic heterocycles. The Kier molecular flexibility index (Phi) is 2.55. The maximum absolute atomic E-state index is 12.4. The van der Waals surface area contributed by atoms with Crippen molar-refractivity contribution < 1.29 is 24.9 Å². The van der Waals surface area contributed by atoms with Crippen LogP contribution in [0, 0.1) is 6.92 Å². The Morgan fingerprint density at radius 3 is 2.60 bits per heavy atom. The number of rotatable bonds is 0. The number of aromatic hydroxyl groups is 1. The highest BCUT2D eigenvalue weighted by molar-refractivity contribution is 6.21. The van der Waals surface area contributed by atoms with Crippen molar-refractivity contribution in [2.75, 3.05) is 0 Å². The number of Topliss-reactive ketones (excluding diaryl/α,β-unsaturated/α-hetero) is 1. The molecule has 1 unspecified atom stereocenters. The quantitative estimate of drug-likeness (QED) is 0.664. The van der Waals surface area contributed by atoms with Crippen molar-refractivity contribution in [1.82, 2.24) is 0 Å². The minimum absolute atomic E-state index is 0.00347. The molecule has 3 N–H and O–H groups in total. The molecule has 0 aliphatic heterocycles. The van der Waals surface area contributed by atoms with Crippen molar-refractivity contribution in [1.29, 1.82) is 0 Å². The maximum atomic E-state index is 12.4. The number of benzene rings is 1. The first kappa shape index (κ1) is 12.6. The number of hydrogen-bond donors (Lipinski definition) is 3. The van der Waals surface area contributed by atoms with Gasteiger partial charge in [0, 0.05) is 23.1 Å². The molecule has 2 aliphatic carbocycles. The maximum Gasteiger partial charge on any atom is 0.194 e. The van der Waals surface area contributed by atoms with Gasteiger partial charge in [0.1, 0.15) is 11.5 Å². The summed E-state index contributed by atoms with van der Waals surface area (Å²) < 4.78 is 0. The molecule has 3 rings (SSSR count). The molecule has 1 aromatic carbocycles. The van der Waals surface area contributed by atoms with Gasteiger partial charge in [0.25, 0.3) is 0 Å². The molecule has 0 saturated carbocycles. The Labute approximate surface area is 114 Å². The first-order valence-electron chi connectivity index (χ1n) is 6.15. The fourth-order valence-corrected chi connectivity index (χ4v) is 2.72. The number of aryl methyl sites for hydroxylation is 1. The zero-order valence-corrected chi connectivity index (χ0v) is 10.7. The highest BCUT2D eigenvalue weighted by atomic mass is 16.3. The molecule has 5 nitrogen and oxygen atoms in total. The van der Waals surface area contributed by atoms with E-state index in [4.69, 9.17) is 0 Å². The summed E-state index contributed by atoms with van der Waals surface area (Å²) in [4.78, 5) is 23.9. The molecule has 0 bridgehead atoms. The van der Waals surface area contributed by atoms with Crippen LogP contribution >= 0.6 is 0 Å². The standard InChI is InChI=1S/C15H12O5/c1-6-2-8-12(10(17)3-6)15(20)13-9(14(8)19)4-7(16)5-11(13)18/h2-4,11,17-18,20H,5H2,1H3. The van der Waals surface area contributed by atoms with Crippen LogP contribution in [0.3, 0.4) is 0 Å². The van der Waals surface area contributed by atoms with Crippen LogP contribution in [0.4, 0.5) is 0 Å². The Balaban J connectivity index is 2.38. The zero-order valence-electron chi connectivity index (χ0n) is 10.7. The summed E-state index contributed by atoms with van der Waals surface area (Å²) in [5.74, 6) is -1.40. The Hall–Kier alpha value is -2.40. The molecule has 1 aromatic rings. The number of phenolic OH excluding ortho intramolecular Hbond substituents is 1. The van der Waals surface area contributed by atoms with Gasteiger partial charge < -0.3 is 15.3 Å². The average molecular weight is 272 g/mol. The van der Waals surface area contributed by atoms with E-state index in [9.17, 15) is 24.9 Å². The second kappa shape index (κ2) is 4.05. The molecule has 102 valence electrons. The summed E-state index contributed by atoms with van der Waals surface area (Å²) in [5, 5.41) is 30.1. The highest BCUT2D eigenvalue weighted by Gasteiger charge is 2.38. The van der Waals surface area contributed by atoms with Gasteiger partial charge in [0.05, 0.1) is 11.7 Å². The fourth-order valence-electron chi connectivity index (χ4n) is 2.72. The zero-order chi connectivity index (χ0) is 14.6. The lowest BCUT2D eigenvalue weighted by Crippen LogP contribution is -2.29. The molecule has 0 saturated heterocycles. The average Bonchev–Trinajstić information content (AvgIpc) is 2.34. The normalized spacial score (nSPS) is 21.5. The Bertz CT molecular complexity index is 724. The van der Waals surface area contributed by atoms with Gasteiger partial charge in [-0.25, -0.2) is 0 Å². The Morgan fingerprint density at radius 1 is 1.20 bits per heavy atom. The van der Waals surface area contributed by atoms with Crippen LogP contribution in [0.15, 0.2) is 29.4 Å².